The molecule has 1 heterocycles. The Balaban J connectivity index is 2.41. The summed E-state index contributed by atoms with van der Waals surface area (Å²) in [5.41, 5.74) is -0.0742. The molecule has 0 fully saturated rings. The van der Waals surface area contributed by atoms with Crippen LogP contribution in [-0.4, -0.2) is 26.5 Å². The predicted octanol–water partition coefficient (Wildman–Crippen LogP) is 0.254. The highest BCUT2D eigenvalue weighted by molar-refractivity contribution is 7.92. The van der Waals surface area contributed by atoms with E-state index in [-0.39, 0.29) is 21.9 Å². The summed E-state index contributed by atoms with van der Waals surface area (Å²) in [6, 6.07) is 6.56. The van der Waals surface area contributed by atoms with Gasteiger partial charge in [0.1, 0.15) is 5.75 Å². The van der Waals surface area contributed by atoms with Crippen LogP contribution in [0.3, 0.4) is 0 Å². The normalized spacial score (nSPS) is 10.9. The average molecular weight is 307 g/mol. The van der Waals surface area contributed by atoms with E-state index >= 15 is 0 Å². The number of carboxylic acid groups (broad SMARTS) is 1. The number of carbonyl (C=O) groups is 1. The molecule has 7 nitrogen and oxygen atoms in total. The zero-order valence-electron chi connectivity index (χ0n) is 10.9. The standard InChI is InChI=1S/C13H12N2O5S/c1-20-12-5-4-10(7-11(12)13(16)17)21(18,19)15-9-3-2-6-14-8-9/h2-8,15H,1H3,(H,16,17)/p-1. The molecule has 2 rings (SSSR count). The number of pyridine rings is 1. The Hall–Kier alpha value is -2.61. The second-order valence-corrected chi connectivity index (χ2v) is 5.68. The number of sulfonamides is 1. The number of methoxy groups -OCH3 is 1. The number of nitrogens with one attached hydrogen (secondary N) is 1. The fourth-order valence-electron chi connectivity index (χ4n) is 1.65. The van der Waals surface area contributed by atoms with Crippen LogP contribution in [0.5, 0.6) is 5.75 Å². The minimum atomic E-state index is -3.93. The van der Waals surface area contributed by atoms with Crippen LogP contribution in [0.2, 0.25) is 0 Å². The molecule has 0 bridgehead atoms. The first-order chi connectivity index (χ1) is 9.94. The van der Waals surface area contributed by atoms with Gasteiger partial charge >= 0.3 is 0 Å². The lowest BCUT2D eigenvalue weighted by Gasteiger charge is -2.12. The minimum absolute atomic E-state index is 0.0235. The lowest BCUT2D eigenvalue weighted by Crippen LogP contribution is -2.23. The van der Waals surface area contributed by atoms with Gasteiger partial charge in [-0.05, 0) is 30.3 Å². The van der Waals surface area contributed by atoms with Gasteiger partial charge in [-0.2, -0.15) is 0 Å². The molecule has 8 heteroatoms. The third kappa shape index (κ3) is 3.29. The molecule has 21 heavy (non-hydrogen) atoms. The summed E-state index contributed by atoms with van der Waals surface area (Å²) in [6.45, 7) is 0. The van der Waals surface area contributed by atoms with E-state index in [1.165, 1.54) is 37.7 Å². The Bertz CT molecular complexity index is 759. The lowest BCUT2D eigenvalue weighted by atomic mass is 10.2. The van der Waals surface area contributed by atoms with E-state index in [2.05, 4.69) is 9.71 Å². The average Bonchev–Trinajstić information content (AvgIpc) is 2.47. The third-order valence-electron chi connectivity index (χ3n) is 2.61. The van der Waals surface area contributed by atoms with E-state index in [4.69, 9.17) is 4.74 Å². The van der Waals surface area contributed by atoms with Crippen LogP contribution < -0.4 is 14.6 Å². The summed E-state index contributed by atoms with van der Waals surface area (Å²) in [4.78, 5) is 14.6. The van der Waals surface area contributed by atoms with Crippen molar-refractivity contribution >= 4 is 21.7 Å². The second kappa shape index (κ2) is 5.80. The number of anilines is 1. The van der Waals surface area contributed by atoms with Crippen molar-refractivity contribution in [2.24, 2.45) is 0 Å². The van der Waals surface area contributed by atoms with E-state index in [1.807, 2.05) is 0 Å². The number of carbonyl (C=O) groups excluding carboxylic acids is 1. The fourth-order valence-corrected chi connectivity index (χ4v) is 2.72. The van der Waals surface area contributed by atoms with E-state index in [9.17, 15) is 18.3 Å². The van der Waals surface area contributed by atoms with Crippen molar-refractivity contribution in [1.82, 2.24) is 4.98 Å². The zero-order chi connectivity index (χ0) is 15.5. The van der Waals surface area contributed by atoms with Crippen molar-refractivity contribution in [1.29, 1.82) is 0 Å². The Morgan fingerprint density at radius 3 is 2.67 bits per heavy atom. The van der Waals surface area contributed by atoms with Gasteiger partial charge in [-0.3, -0.25) is 9.71 Å². The number of hydrogen-bond donors (Lipinski definition) is 1. The number of benzene rings is 1. The molecule has 0 spiro atoms. The van der Waals surface area contributed by atoms with E-state index in [0.29, 0.717) is 0 Å². The van der Waals surface area contributed by atoms with Crippen LogP contribution in [0.4, 0.5) is 5.69 Å². The molecule has 0 aliphatic rings. The largest absolute Gasteiger partial charge is 0.545 e. The summed E-state index contributed by atoms with van der Waals surface area (Å²) in [6.07, 6.45) is 2.83. The van der Waals surface area contributed by atoms with Crippen LogP contribution >= 0.6 is 0 Å². The van der Waals surface area contributed by atoms with Crippen molar-refractivity contribution in [3.05, 3.63) is 48.3 Å². The van der Waals surface area contributed by atoms with Gasteiger partial charge in [0.25, 0.3) is 10.0 Å². The van der Waals surface area contributed by atoms with Crippen LogP contribution in [0.25, 0.3) is 0 Å². The number of hydrogen-bond acceptors (Lipinski definition) is 6. The number of aromatic carboxylic acids is 1. The molecular weight excluding hydrogens is 296 g/mol. The topological polar surface area (TPSA) is 108 Å². The number of ether oxygens (including phenoxy) is 1. The molecule has 1 N–H and O–H groups in total. The van der Waals surface area contributed by atoms with Crippen LogP contribution in [0, 0.1) is 0 Å². The molecule has 0 atom stereocenters. The molecule has 2 aromatic rings. The van der Waals surface area contributed by atoms with Gasteiger partial charge in [-0.25, -0.2) is 8.42 Å². The smallest absolute Gasteiger partial charge is 0.261 e. The molecule has 0 unspecified atom stereocenters. The van der Waals surface area contributed by atoms with Crippen LogP contribution in [0.15, 0.2) is 47.6 Å². The first-order valence-corrected chi connectivity index (χ1v) is 7.24. The molecule has 0 amide bonds. The monoisotopic (exact) mass is 307 g/mol. The first kappa shape index (κ1) is 14.8. The molecule has 1 aromatic heterocycles. The van der Waals surface area contributed by atoms with Crippen molar-refractivity contribution in [2.75, 3.05) is 11.8 Å². The summed E-state index contributed by atoms with van der Waals surface area (Å²) >= 11 is 0. The van der Waals surface area contributed by atoms with Gasteiger partial charge in [0.05, 0.1) is 29.9 Å². The Morgan fingerprint density at radius 2 is 2.10 bits per heavy atom. The molecule has 0 aliphatic heterocycles. The number of carboxylic acids is 1. The Morgan fingerprint density at radius 1 is 1.33 bits per heavy atom. The van der Waals surface area contributed by atoms with Crippen molar-refractivity contribution in [3.63, 3.8) is 0 Å². The SMILES string of the molecule is COc1ccc(S(=O)(=O)Nc2cccnc2)cc1C(=O)[O-]. The highest BCUT2D eigenvalue weighted by atomic mass is 32.2. The van der Waals surface area contributed by atoms with Gasteiger partial charge in [0.2, 0.25) is 0 Å². The third-order valence-corrected chi connectivity index (χ3v) is 3.99. The van der Waals surface area contributed by atoms with Crippen molar-refractivity contribution in [2.45, 2.75) is 4.90 Å². The van der Waals surface area contributed by atoms with Gasteiger partial charge in [-0.15, -0.1) is 0 Å². The molecule has 0 saturated carbocycles. The molecule has 110 valence electrons. The molecular formula is C13H11N2O5S-. The Labute approximate surface area is 121 Å². The lowest BCUT2D eigenvalue weighted by molar-refractivity contribution is -0.255. The summed E-state index contributed by atoms with van der Waals surface area (Å²) in [7, 11) is -2.65. The fraction of sp³-hybridized carbons (Fsp3) is 0.0769. The van der Waals surface area contributed by atoms with Crippen LogP contribution in [0.1, 0.15) is 10.4 Å². The molecule has 0 radical (unpaired) electrons. The highest BCUT2D eigenvalue weighted by Crippen LogP contribution is 2.23. The maximum absolute atomic E-state index is 12.2. The minimum Gasteiger partial charge on any atom is -0.545 e. The number of rotatable bonds is 5. The second-order valence-electron chi connectivity index (χ2n) is 4.00. The number of aromatic nitrogens is 1. The highest BCUT2D eigenvalue weighted by Gasteiger charge is 2.17. The quantitative estimate of drug-likeness (QED) is 0.848. The summed E-state index contributed by atoms with van der Waals surface area (Å²) < 4.78 is 31.5. The van der Waals surface area contributed by atoms with Crippen molar-refractivity contribution in [3.8, 4) is 5.75 Å². The van der Waals surface area contributed by atoms with Gasteiger partial charge in [0.15, 0.2) is 0 Å². The summed E-state index contributed by atoms with van der Waals surface area (Å²) in [5, 5.41) is 11.0. The van der Waals surface area contributed by atoms with E-state index in [1.54, 1.807) is 6.07 Å². The zero-order valence-corrected chi connectivity index (χ0v) is 11.8. The number of nitrogens with zero attached hydrogens (tertiary/aromatic N) is 1. The molecule has 0 aliphatic carbocycles. The van der Waals surface area contributed by atoms with Crippen LogP contribution in [-0.2, 0) is 10.0 Å². The molecule has 1 aromatic carbocycles. The Kier molecular flexibility index (Phi) is 4.08. The summed E-state index contributed by atoms with van der Waals surface area (Å²) in [5.74, 6) is -1.50. The van der Waals surface area contributed by atoms with Gasteiger partial charge < -0.3 is 14.6 Å². The van der Waals surface area contributed by atoms with E-state index < -0.39 is 16.0 Å². The van der Waals surface area contributed by atoms with Gasteiger partial charge in [-0.1, -0.05) is 0 Å². The predicted molar refractivity (Wildman–Crippen MR) is 72.4 cm³/mol. The van der Waals surface area contributed by atoms with Gasteiger partial charge in [0, 0.05) is 11.8 Å². The van der Waals surface area contributed by atoms with E-state index in [0.717, 1.165) is 6.07 Å². The van der Waals surface area contributed by atoms with Crippen molar-refractivity contribution < 1.29 is 23.1 Å². The molecule has 0 saturated heterocycles. The maximum Gasteiger partial charge on any atom is 0.261 e. The maximum atomic E-state index is 12.2. The first-order valence-electron chi connectivity index (χ1n) is 5.76.